The molecule has 0 aliphatic rings. The van der Waals surface area contributed by atoms with E-state index in [0.717, 1.165) is 23.4 Å². The monoisotopic (exact) mass is 267 g/mol. The molecule has 0 N–H and O–H groups in total. The predicted molar refractivity (Wildman–Crippen MR) is 74.2 cm³/mol. The molecule has 3 aromatic rings. The van der Waals surface area contributed by atoms with Crippen LogP contribution >= 0.6 is 0 Å². The summed E-state index contributed by atoms with van der Waals surface area (Å²) in [6.07, 6.45) is 3.30. The predicted octanol–water partition coefficient (Wildman–Crippen LogP) is 2.14. The number of rotatable bonds is 4. The minimum Gasteiger partial charge on any atom is -0.497 e. The van der Waals surface area contributed by atoms with Crippen LogP contribution in [0.5, 0.6) is 5.75 Å². The van der Waals surface area contributed by atoms with Gasteiger partial charge in [0.1, 0.15) is 11.6 Å². The van der Waals surface area contributed by atoms with Crippen LogP contribution < -0.4 is 4.74 Å². The molecule has 0 atom stereocenters. The summed E-state index contributed by atoms with van der Waals surface area (Å²) in [5, 5.41) is 8.24. The zero-order chi connectivity index (χ0) is 13.9. The van der Waals surface area contributed by atoms with E-state index in [1.165, 1.54) is 0 Å². The van der Waals surface area contributed by atoms with E-state index in [-0.39, 0.29) is 0 Å². The second-order valence-electron chi connectivity index (χ2n) is 4.42. The number of nitrogens with zero attached hydrogens (tertiary/aromatic N) is 3. The third kappa shape index (κ3) is 2.14. The van der Waals surface area contributed by atoms with E-state index in [4.69, 9.17) is 4.74 Å². The van der Waals surface area contributed by atoms with E-state index < -0.39 is 0 Å². The summed E-state index contributed by atoms with van der Waals surface area (Å²) >= 11 is 0. The third-order valence-electron chi connectivity index (χ3n) is 3.18. The Bertz CT molecular complexity index is 747. The van der Waals surface area contributed by atoms with Gasteiger partial charge in [-0.15, -0.1) is 10.2 Å². The first-order valence-electron chi connectivity index (χ1n) is 6.22. The fraction of sp³-hybridized carbons (Fsp3) is 0.133. The quantitative estimate of drug-likeness (QED) is 0.680. The number of aldehydes is 1. The van der Waals surface area contributed by atoms with Crippen molar-refractivity contribution in [1.29, 1.82) is 0 Å². The Hall–Kier alpha value is -2.69. The number of aromatic nitrogens is 3. The molecule has 20 heavy (non-hydrogen) atoms. The zero-order valence-corrected chi connectivity index (χ0v) is 11.0. The number of hydrogen-bond acceptors (Lipinski definition) is 4. The summed E-state index contributed by atoms with van der Waals surface area (Å²) in [6, 6.07) is 11.4. The van der Waals surface area contributed by atoms with Gasteiger partial charge in [-0.3, -0.25) is 9.20 Å². The van der Waals surface area contributed by atoms with Crippen LogP contribution in [0.2, 0.25) is 0 Å². The Balaban J connectivity index is 1.96. The number of methoxy groups -OCH3 is 1. The van der Waals surface area contributed by atoms with E-state index in [1.807, 2.05) is 40.9 Å². The van der Waals surface area contributed by atoms with Gasteiger partial charge in [-0.25, -0.2) is 0 Å². The number of carbonyl (C=O) groups excluding carboxylic acids is 1. The fourth-order valence-electron chi connectivity index (χ4n) is 2.12. The van der Waals surface area contributed by atoms with Crippen molar-refractivity contribution in [2.24, 2.45) is 0 Å². The number of carbonyl (C=O) groups is 1. The Morgan fingerprint density at radius 2 is 2.00 bits per heavy atom. The molecule has 0 aliphatic carbocycles. The van der Waals surface area contributed by atoms with Crippen LogP contribution in [0, 0.1) is 0 Å². The van der Waals surface area contributed by atoms with Crippen LogP contribution in [0.1, 0.15) is 21.7 Å². The lowest BCUT2D eigenvalue weighted by molar-refractivity contribution is 0.112. The molecule has 2 aromatic heterocycles. The molecule has 0 amide bonds. The highest BCUT2D eigenvalue weighted by molar-refractivity contribution is 5.83. The molecule has 3 rings (SSSR count). The maximum Gasteiger partial charge on any atom is 0.171 e. The van der Waals surface area contributed by atoms with Gasteiger partial charge in [0.15, 0.2) is 11.9 Å². The second kappa shape index (κ2) is 5.13. The Morgan fingerprint density at radius 1 is 1.20 bits per heavy atom. The van der Waals surface area contributed by atoms with Gasteiger partial charge in [-0.2, -0.15) is 0 Å². The van der Waals surface area contributed by atoms with Crippen molar-refractivity contribution >= 4 is 11.9 Å². The smallest absolute Gasteiger partial charge is 0.171 e. The van der Waals surface area contributed by atoms with Gasteiger partial charge in [0.05, 0.1) is 12.7 Å². The average molecular weight is 267 g/mol. The minimum atomic E-state index is 0.543. The van der Waals surface area contributed by atoms with Gasteiger partial charge in [0.2, 0.25) is 0 Å². The molecule has 0 aliphatic heterocycles. The number of fused-ring (bicyclic) bond motifs is 1. The normalized spacial score (nSPS) is 10.7. The van der Waals surface area contributed by atoms with E-state index in [0.29, 0.717) is 17.6 Å². The molecule has 0 saturated heterocycles. The molecule has 0 bridgehead atoms. The molecule has 0 saturated carbocycles. The highest BCUT2D eigenvalue weighted by Gasteiger charge is 2.09. The van der Waals surface area contributed by atoms with E-state index >= 15 is 0 Å². The van der Waals surface area contributed by atoms with E-state index in [1.54, 1.807) is 13.2 Å². The number of hydrogen-bond donors (Lipinski definition) is 0. The second-order valence-corrected chi connectivity index (χ2v) is 4.42. The van der Waals surface area contributed by atoms with E-state index in [2.05, 4.69) is 10.2 Å². The lowest BCUT2D eigenvalue weighted by Gasteiger charge is -2.03. The van der Waals surface area contributed by atoms with Gasteiger partial charge >= 0.3 is 0 Å². The Kier molecular flexibility index (Phi) is 3.16. The maximum atomic E-state index is 11.0. The third-order valence-corrected chi connectivity index (χ3v) is 3.18. The molecule has 1 aromatic carbocycles. The summed E-state index contributed by atoms with van der Waals surface area (Å²) in [5.74, 6) is 1.62. The molecular weight excluding hydrogens is 254 g/mol. The SMILES string of the molecule is COc1ccc(Cc2nnc3c(C=O)cccn23)cc1. The highest BCUT2D eigenvalue weighted by Crippen LogP contribution is 2.15. The van der Waals surface area contributed by atoms with Crippen molar-refractivity contribution in [1.82, 2.24) is 14.6 Å². The Morgan fingerprint density at radius 3 is 2.70 bits per heavy atom. The molecule has 0 fully saturated rings. The van der Waals surface area contributed by atoms with Crippen molar-refractivity contribution in [3.8, 4) is 5.75 Å². The van der Waals surface area contributed by atoms with Crippen LogP contribution in [-0.4, -0.2) is 28.0 Å². The molecule has 0 unspecified atom stereocenters. The van der Waals surface area contributed by atoms with Gasteiger partial charge in [0.25, 0.3) is 0 Å². The molecule has 5 nitrogen and oxygen atoms in total. The first-order valence-corrected chi connectivity index (χ1v) is 6.22. The molecule has 5 heteroatoms. The lowest BCUT2D eigenvalue weighted by Crippen LogP contribution is -1.97. The van der Waals surface area contributed by atoms with E-state index in [9.17, 15) is 4.79 Å². The first kappa shape index (κ1) is 12.3. The van der Waals surface area contributed by atoms with Crippen molar-refractivity contribution in [2.45, 2.75) is 6.42 Å². The summed E-state index contributed by atoms with van der Waals surface area (Å²) in [6.45, 7) is 0. The lowest BCUT2D eigenvalue weighted by atomic mass is 10.1. The van der Waals surface area contributed by atoms with Crippen LogP contribution in [0.25, 0.3) is 5.65 Å². The van der Waals surface area contributed by atoms with Crippen molar-refractivity contribution in [2.75, 3.05) is 7.11 Å². The fourth-order valence-corrected chi connectivity index (χ4v) is 2.12. The molecule has 2 heterocycles. The van der Waals surface area contributed by atoms with Crippen LogP contribution in [0.3, 0.4) is 0 Å². The number of pyridine rings is 1. The van der Waals surface area contributed by atoms with Gasteiger partial charge < -0.3 is 4.74 Å². The van der Waals surface area contributed by atoms with Crippen LogP contribution in [0.4, 0.5) is 0 Å². The largest absolute Gasteiger partial charge is 0.497 e. The van der Waals surface area contributed by atoms with Crippen molar-refractivity contribution < 1.29 is 9.53 Å². The summed E-state index contributed by atoms with van der Waals surface area (Å²) in [5.41, 5.74) is 2.24. The van der Waals surface area contributed by atoms with Gasteiger partial charge in [-0.1, -0.05) is 12.1 Å². The molecule has 0 radical (unpaired) electrons. The van der Waals surface area contributed by atoms with Gasteiger partial charge in [0, 0.05) is 12.6 Å². The maximum absolute atomic E-state index is 11.0. The minimum absolute atomic E-state index is 0.543. The summed E-state index contributed by atoms with van der Waals surface area (Å²) in [4.78, 5) is 11.0. The average Bonchev–Trinajstić information content (AvgIpc) is 2.91. The van der Waals surface area contributed by atoms with Gasteiger partial charge in [-0.05, 0) is 29.8 Å². The van der Waals surface area contributed by atoms with Crippen molar-refractivity contribution in [3.05, 3.63) is 59.5 Å². The zero-order valence-electron chi connectivity index (χ0n) is 11.0. The van der Waals surface area contributed by atoms with Crippen LogP contribution in [0.15, 0.2) is 42.6 Å². The first-order chi connectivity index (χ1) is 9.81. The Labute approximate surface area is 115 Å². The standard InChI is InChI=1S/C15H13N3O2/c1-20-13-6-4-11(5-7-13)9-14-16-17-15-12(10-19)3-2-8-18(14)15/h2-8,10H,9H2,1H3. The highest BCUT2D eigenvalue weighted by atomic mass is 16.5. The topological polar surface area (TPSA) is 56.5 Å². The van der Waals surface area contributed by atoms with Crippen LogP contribution in [-0.2, 0) is 6.42 Å². The molecule has 100 valence electrons. The molecular formula is C15H13N3O2. The molecule has 0 spiro atoms. The summed E-state index contributed by atoms with van der Waals surface area (Å²) < 4.78 is 6.97. The summed E-state index contributed by atoms with van der Waals surface area (Å²) in [7, 11) is 1.64. The number of benzene rings is 1. The van der Waals surface area contributed by atoms with Crippen molar-refractivity contribution in [3.63, 3.8) is 0 Å². The number of ether oxygens (including phenoxy) is 1.